The van der Waals surface area contributed by atoms with Gasteiger partial charge in [0.1, 0.15) is 23.1 Å². The second-order valence-corrected chi connectivity index (χ2v) is 10.1. The third kappa shape index (κ3) is 5.13. The number of halogens is 1. The molecule has 1 radical (unpaired) electrons. The summed E-state index contributed by atoms with van der Waals surface area (Å²) in [7, 11) is -3.97. The standard InChI is InChI=1S/C28H24FO4S/c1-19-14-24(30)15-20(2)26(19)16-22-8-13-27(33-18-21-6-4-3-5-7-21)28(17-22)34(31,32)25-11-9-23(29)10-12-25/h3-15,17H,16,18H2,1-2H3. The van der Waals surface area contributed by atoms with Gasteiger partial charge in [-0.2, -0.15) is 0 Å². The summed E-state index contributed by atoms with van der Waals surface area (Å²) in [6.45, 7) is 3.95. The van der Waals surface area contributed by atoms with Crippen LogP contribution in [0.1, 0.15) is 27.8 Å². The highest BCUT2D eigenvalue weighted by Gasteiger charge is 2.24. The van der Waals surface area contributed by atoms with Gasteiger partial charge in [0.25, 0.3) is 0 Å². The van der Waals surface area contributed by atoms with E-state index in [2.05, 4.69) is 0 Å². The zero-order valence-electron chi connectivity index (χ0n) is 18.9. The Kier molecular flexibility index (Phi) is 6.70. The van der Waals surface area contributed by atoms with Crippen LogP contribution in [0, 0.1) is 19.7 Å². The Bertz CT molecular complexity index is 1390. The van der Waals surface area contributed by atoms with Crippen molar-refractivity contribution in [3.63, 3.8) is 0 Å². The van der Waals surface area contributed by atoms with Gasteiger partial charge in [-0.15, -0.1) is 0 Å². The quantitative estimate of drug-likeness (QED) is 0.283. The molecule has 4 nitrogen and oxygen atoms in total. The van der Waals surface area contributed by atoms with Crippen molar-refractivity contribution in [3.8, 4) is 11.5 Å². The van der Waals surface area contributed by atoms with Gasteiger partial charge in [0.2, 0.25) is 9.84 Å². The van der Waals surface area contributed by atoms with E-state index < -0.39 is 15.7 Å². The predicted molar refractivity (Wildman–Crippen MR) is 128 cm³/mol. The zero-order chi connectivity index (χ0) is 24.3. The molecule has 0 fully saturated rings. The molecule has 4 rings (SSSR count). The first-order valence-corrected chi connectivity index (χ1v) is 12.3. The zero-order valence-corrected chi connectivity index (χ0v) is 19.7. The highest BCUT2D eigenvalue weighted by atomic mass is 32.2. The number of hydrogen-bond donors (Lipinski definition) is 0. The maximum absolute atomic E-state index is 13.5. The molecular formula is C28H24FO4S. The van der Waals surface area contributed by atoms with Gasteiger partial charge >= 0.3 is 0 Å². The monoisotopic (exact) mass is 475 g/mol. The van der Waals surface area contributed by atoms with E-state index in [4.69, 9.17) is 4.74 Å². The Labute approximate surface area is 199 Å². The summed E-state index contributed by atoms with van der Waals surface area (Å²) in [5, 5.41) is 11.8. The molecule has 173 valence electrons. The lowest BCUT2D eigenvalue weighted by Gasteiger charge is -2.15. The summed E-state index contributed by atoms with van der Waals surface area (Å²) in [6.07, 6.45) is 0.461. The van der Waals surface area contributed by atoms with Crippen LogP contribution in [0.15, 0.2) is 94.7 Å². The van der Waals surface area contributed by atoms with Crippen molar-refractivity contribution in [3.05, 3.63) is 119 Å². The van der Waals surface area contributed by atoms with E-state index in [0.717, 1.165) is 39.9 Å². The van der Waals surface area contributed by atoms with Gasteiger partial charge in [-0.05, 0) is 96.6 Å². The van der Waals surface area contributed by atoms with Gasteiger partial charge in [0, 0.05) is 0 Å². The van der Waals surface area contributed by atoms with Crippen LogP contribution in [0.2, 0.25) is 0 Å². The summed E-state index contributed by atoms with van der Waals surface area (Å²) in [4.78, 5) is 0.00182. The van der Waals surface area contributed by atoms with Crippen molar-refractivity contribution in [2.45, 2.75) is 36.7 Å². The van der Waals surface area contributed by atoms with Crippen molar-refractivity contribution < 1.29 is 22.7 Å². The van der Waals surface area contributed by atoms with Gasteiger partial charge in [0.15, 0.2) is 5.75 Å². The number of hydrogen-bond acceptors (Lipinski definition) is 3. The highest BCUT2D eigenvalue weighted by molar-refractivity contribution is 7.91. The summed E-state index contributed by atoms with van der Waals surface area (Å²) in [5.41, 5.74) is 4.36. The van der Waals surface area contributed by atoms with E-state index in [1.807, 2.05) is 50.2 Å². The minimum atomic E-state index is -3.97. The van der Waals surface area contributed by atoms with Crippen LogP contribution in [0.5, 0.6) is 11.5 Å². The van der Waals surface area contributed by atoms with Crippen molar-refractivity contribution in [1.29, 1.82) is 0 Å². The highest BCUT2D eigenvalue weighted by Crippen LogP contribution is 2.33. The third-order valence-electron chi connectivity index (χ3n) is 5.71. The molecule has 0 aliphatic carbocycles. The van der Waals surface area contributed by atoms with E-state index in [1.165, 1.54) is 12.1 Å². The lowest BCUT2D eigenvalue weighted by atomic mass is 9.96. The molecule has 0 aliphatic rings. The number of sulfone groups is 1. The molecule has 0 heterocycles. The second kappa shape index (κ2) is 9.69. The van der Waals surface area contributed by atoms with E-state index in [9.17, 15) is 17.9 Å². The lowest BCUT2D eigenvalue weighted by Crippen LogP contribution is -2.07. The molecule has 4 aromatic rings. The molecule has 0 saturated heterocycles. The fourth-order valence-electron chi connectivity index (χ4n) is 3.90. The van der Waals surface area contributed by atoms with Gasteiger partial charge in [0.05, 0.1) is 4.90 Å². The van der Waals surface area contributed by atoms with E-state index >= 15 is 0 Å². The Morgan fingerprint density at radius 3 is 2.09 bits per heavy atom. The maximum atomic E-state index is 13.5. The molecular weight excluding hydrogens is 451 g/mol. The van der Waals surface area contributed by atoms with Crippen molar-refractivity contribution in [1.82, 2.24) is 0 Å². The molecule has 0 aliphatic heterocycles. The summed E-state index contributed by atoms with van der Waals surface area (Å²) in [5.74, 6) is -0.343. The molecule has 4 aromatic carbocycles. The molecule has 0 aromatic heterocycles. The molecule has 0 unspecified atom stereocenters. The first-order chi connectivity index (χ1) is 16.2. The average Bonchev–Trinajstić information content (AvgIpc) is 2.81. The molecule has 34 heavy (non-hydrogen) atoms. The number of benzene rings is 4. The largest absolute Gasteiger partial charge is 0.488 e. The Balaban J connectivity index is 1.75. The van der Waals surface area contributed by atoms with Crippen molar-refractivity contribution in [2.75, 3.05) is 0 Å². The van der Waals surface area contributed by atoms with Crippen LogP contribution in [0.3, 0.4) is 0 Å². The summed E-state index contributed by atoms with van der Waals surface area (Å²) in [6, 6.07) is 22.4. The molecule has 0 atom stereocenters. The number of rotatable bonds is 7. The Morgan fingerprint density at radius 2 is 1.44 bits per heavy atom. The fourth-order valence-corrected chi connectivity index (χ4v) is 5.35. The topological polar surface area (TPSA) is 63.3 Å². The minimum absolute atomic E-state index is 0.0151. The lowest BCUT2D eigenvalue weighted by molar-refractivity contribution is 0.298. The van der Waals surface area contributed by atoms with Crippen LogP contribution in [0.4, 0.5) is 4.39 Å². The van der Waals surface area contributed by atoms with Crippen LogP contribution >= 0.6 is 0 Å². The van der Waals surface area contributed by atoms with Crippen LogP contribution < -0.4 is 4.74 Å². The van der Waals surface area contributed by atoms with Gasteiger partial charge in [-0.3, -0.25) is 5.11 Å². The number of ether oxygens (including phenoxy) is 1. The molecule has 0 N–H and O–H groups in total. The SMILES string of the molecule is Cc1cc([O])cc(C)c1Cc1ccc(OCc2ccccc2)c(S(=O)(=O)c2ccc(F)cc2)c1. The fraction of sp³-hybridized carbons (Fsp3) is 0.143. The van der Waals surface area contributed by atoms with E-state index in [-0.39, 0.29) is 27.9 Å². The molecule has 6 heteroatoms. The summed E-state index contributed by atoms with van der Waals surface area (Å²) < 4.78 is 46.4. The average molecular weight is 476 g/mol. The molecule has 0 amide bonds. The molecule has 0 saturated carbocycles. The normalized spacial score (nSPS) is 11.4. The first-order valence-electron chi connectivity index (χ1n) is 10.8. The van der Waals surface area contributed by atoms with Gasteiger partial charge < -0.3 is 4.74 Å². The van der Waals surface area contributed by atoms with Crippen LogP contribution in [0.25, 0.3) is 0 Å². The Morgan fingerprint density at radius 1 is 0.794 bits per heavy atom. The van der Waals surface area contributed by atoms with Crippen LogP contribution in [-0.4, -0.2) is 8.42 Å². The Hall–Kier alpha value is -3.64. The number of aryl methyl sites for hydroxylation is 2. The smallest absolute Gasteiger partial charge is 0.210 e. The maximum Gasteiger partial charge on any atom is 0.210 e. The van der Waals surface area contributed by atoms with E-state index in [0.29, 0.717) is 6.42 Å². The van der Waals surface area contributed by atoms with Crippen molar-refractivity contribution >= 4 is 9.84 Å². The molecule has 0 spiro atoms. The minimum Gasteiger partial charge on any atom is -0.488 e. The van der Waals surface area contributed by atoms with E-state index in [1.54, 1.807) is 24.3 Å². The third-order valence-corrected chi connectivity index (χ3v) is 7.50. The summed E-state index contributed by atoms with van der Waals surface area (Å²) >= 11 is 0. The first kappa shape index (κ1) is 23.5. The second-order valence-electron chi connectivity index (χ2n) is 8.23. The van der Waals surface area contributed by atoms with Gasteiger partial charge in [-0.25, -0.2) is 12.8 Å². The molecule has 0 bridgehead atoms. The van der Waals surface area contributed by atoms with Crippen molar-refractivity contribution in [2.24, 2.45) is 0 Å². The van der Waals surface area contributed by atoms with Crippen LogP contribution in [-0.2, 0) is 28.0 Å². The van der Waals surface area contributed by atoms with Gasteiger partial charge in [-0.1, -0.05) is 36.4 Å². The predicted octanol–water partition coefficient (Wildman–Crippen LogP) is 6.59.